The van der Waals surface area contributed by atoms with E-state index in [0.29, 0.717) is 34.0 Å². The highest BCUT2D eigenvalue weighted by atomic mass is 32.1. The van der Waals surface area contributed by atoms with Gasteiger partial charge in [0, 0.05) is 11.3 Å². The van der Waals surface area contributed by atoms with Crippen molar-refractivity contribution in [1.29, 1.82) is 0 Å². The average molecular weight is 376 g/mol. The molecular formula is C19H21FN2O3S. The SMILES string of the molecule is CCc1cc2c(=O)n(CCF)c(Cc3ccc(OC)c(OC)c3)nc2s1. The van der Waals surface area contributed by atoms with Gasteiger partial charge in [0.2, 0.25) is 0 Å². The summed E-state index contributed by atoms with van der Waals surface area (Å²) in [5.74, 6) is 1.79. The van der Waals surface area contributed by atoms with Gasteiger partial charge in [0.05, 0.1) is 26.2 Å². The highest BCUT2D eigenvalue weighted by Crippen LogP contribution is 2.29. The van der Waals surface area contributed by atoms with Crippen molar-refractivity contribution in [1.82, 2.24) is 9.55 Å². The Morgan fingerprint density at radius 3 is 2.62 bits per heavy atom. The second kappa shape index (κ2) is 7.86. The van der Waals surface area contributed by atoms with Crippen LogP contribution in [0.25, 0.3) is 10.2 Å². The summed E-state index contributed by atoms with van der Waals surface area (Å²) in [5, 5.41) is 0.566. The molecule has 0 atom stereocenters. The van der Waals surface area contributed by atoms with E-state index in [0.717, 1.165) is 16.9 Å². The molecule has 3 rings (SSSR count). The minimum atomic E-state index is -0.614. The molecule has 0 saturated carbocycles. The molecule has 0 N–H and O–H groups in total. The van der Waals surface area contributed by atoms with Crippen LogP contribution in [0.1, 0.15) is 23.2 Å². The predicted octanol–water partition coefficient (Wildman–Crippen LogP) is 3.60. The Morgan fingerprint density at radius 2 is 1.96 bits per heavy atom. The molecule has 0 fully saturated rings. The van der Waals surface area contributed by atoms with Crippen LogP contribution >= 0.6 is 11.3 Å². The Labute approximate surface area is 155 Å². The number of nitrogens with zero attached hydrogens (tertiary/aromatic N) is 2. The lowest BCUT2D eigenvalue weighted by atomic mass is 10.1. The van der Waals surface area contributed by atoms with Crippen molar-refractivity contribution in [3.8, 4) is 11.5 Å². The Morgan fingerprint density at radius 1 is 1.19 bits per heavy atom. The summed E-state index contributed by atoms with van der Waals surface area (Å²) in [7, 11) is 3.15. The quantitative estimate of drug-likeness (QED) is 0.632. The van der Waals surface area contributed by atoms with E-state index in [1.807, 2.05) is 31.2 Å². The molecule has 0 aliphatic rings. The van der Waals surface area contributed by atoms with Crippen molar-refractivity contribution < 1.29 is 13.9 Å². The van der Waals surface area contributed by atoms with Gasteiger partial charge in [-0.3, -0.25) is 9.36 Å². The zero-order valence-electron chi connectivity index (χ0n) is 15.0. The third kappa shape index (κ3) is 3.44. The molecule has 0 amide bonds. The smallest absolute Gasteiger partial charge is 0.262 e. The fraction of sp³-hybridized carbons (Fsp3) is 0.368. The molecule has 0 saturated heterocycles. The van der Waals surface area contributed by atoms with Crippen LogP contribution in [0.4, 0.5) is 4.39 Å². The van der Waals surface area contributed by atoms with Gasteiger partial charge in [0.15, 0.2) is 11.5 Å². The fourth-order valence-corrected chi connectivity index (χ4v) is 3.88. The lowest BCUT2D eigenvalue weighted by molar-refractivity contribution is 0.354. The van der Waals surface area contributed by atoms with Gasteiger partial charge in [-0.15, -0.1) is 11.3 Å². The average Bonchev–Trinajstić information content (AvgIpc) is 3.08. The maximum absolute atomic E-state index is 13.0. The van der Waals surface area contributed by atoms with E-state index >= 15 is 0 Å². The van der Waals surface area contributed by atoms with Crippen LogP contribution in [0.15, 0.2) is 29.1 Å². The number of aryl methyl sites for hydroxylation is 1. The number of alkyl halides is 1. The second-order valence-corrected chi connectivity index (χ2v) is 6.94. The number of rotatable bonds is 7. The number of thiophene rings is 1. The molecule has 138 valence electrons. The number of benzene rings is 1. The number of hydrogen-bond acceptors (Lipinski definition) is 5. The van der Waals surface area contributed by atoms with Gasteiger partial charge in [0.1, 0.15) is 17.3 Å². The molecule has 26 heavy (non-hydrogen) atoms. The molecule has 1 aromatic carbocycles. The lowest BCUT2D eigenvalue weighted by Gasteiger charge is -2.13. The summed E-state index contributed by atoms with van der Waals surface area (Å²) in [6.45, 7) is 1.42. The van der Waals surface area contributed by atoms with Gasteiger partial charge in [-0.2, -0.15) is 0 Å². The summed E-state index contributed by atoms with van der Waals surface area (Å²) in [6.07, 6.45) is 1.25. The van der Waals surface area contributed by atoms with Crippen molar-refractivity contribution in [2.45, 2.75) is 26.3 Å². The monoisotopic (exact) mass is 376 g/mol. The molecule has 0 unspecified atom stereocenters. The summed E-state index contributed by atoms with van der Waals surface area (Å²) in [4.78, 5) is 19.3. The van der Waals surface area contributed by atoms with Crippen LogP contribution in [0, 0.1) is 0 Å². The molecule has 0 aliphatic heterocycles. The first-order valence-corrected chi connectivity index (χ1v) is 9.21. The third-order valence-corrected chi connectivity index (χ3v) is 5.42. The van der Waals surface area contributed by atoms with Gasteiger partial charge in [0.25, 0.3) is 5.56 Å². The van der Waals surface area contributed by atoms with Crippen LogP contribution in [-0.4, -0.2) is 30.4 Å². The molecular weight excluding hydrogens is 355 g/mol. The van der Waals surface area contributed by atoms with Crippen LogP contribution in [0.3, 0.4) is 0 Å². The topological polar surface area (TPSA) is 53.4 Å². The van der Waals surface area contributed by atoms with Crippen molar-refractivity contribution >= 4 is 21.6 Å². The minimum absolute atomic E-state index is 0.00169. The second-order valence-electron chi connectivity index (χ2n) is 5.83. The van der Waals surface area contributed by atoms with Crippen molar-refractivity contribution in [3.63, 3.8) is 0 Å². The molecule has 0 bridgehead atoms. The van der Waals surface area contributed by atoms with Crippen LogP contribution in [-0.2, 0) is 19.4 Å². The Balaban J connectivity index is 2.08. The van der Waals surface area contributed by atoms with E-state index in [9.17, 15) is 9.18 Å². The number of ether oxygens (including phenoxy) is 2. The lowest BCUT2D eigenvalue weighted by Crippen LogP contribution is -2.26. The minimum Gasteiger partial charge on any atom is -0.493 e. The molecule has 0 spiro atoms. The van der Waals surface area contributed by atoms with Crippen LogP contribution < -0.4 is 15.0 Å². The normalized spacial score (nSPS) is 11.1. The number of aromatic nitrogens is 2. The van der Waals surface area contributed by atoms with E-state index in [1.54, 1.807) is 14.2 Å². The fourth-order valence-electron chi connectivity index (χ4n) is 2.91. The van der Waals surface area contributed by atoms with E-state index < -0.39 is 6.67 Å². The van der Waals surface area contributed by atoms with Crippen LogP contribution in [0.2, 0.25) is 0 Å². The standard InChI is InChI=1S/C19H21FN2O3S/c1-4-13-11-14-18(26-13)21-17(22(8-7-20)19(14)23)10-12-5-6-15(24-2)16(9-12)25-3/h5-6,9,11H,4,7-8,10H2,1-3H3. The van der Waals surface area contributed by atoms with Gasteiger partial charge < -0.3 is 9.47 Å². The van der Waals surface area contributed by atoms with Crippen LogP contribution in [0.5, 0.6) is 11.5 Å². The summed E-state index contributed by atoms with van der Waals surface area (Å²) in [5.41, 5.74) is 0.729. The summed E-state index contributed by atoms with van der Waals surface area (Å²) in [6, 6.07) is 7.42. The molecule has 7 heteroatoms. The van der Waals surface area contributed by atoms with Gasteiger partial charge >= 0.3 is 0 Å². The Kier molecular flexibility index (Phi) is 5.56. The van der Waals surface area contributed by atoms with Crippen molar-refractivity contribution in [3.05, 3.63) is 50.9 Å². The van der Waals surface area contributed by atoms with E-state index in [2.05, 4.69) is 4.98 Å². The number of methoxy groups -OCH3 is 2. The first kappa shape index (κ1) is 18.4. The maximum atomic E-state index is 13.0. The van der Waals surface area contributed by atoms with Gasteiger partial charge in [-0.25, -0.2) is 9.37 Å². The van der Waals surface area contributed by atoms with Crippen molar-refractivity contribution in [2.75, 3.05) is 20.9 Å². The maximum Gasteiger partial charge on any atom is 0.262 e. The highest BCUT2D eigenvalue weighted by Gasteiger charge is 2.15. The summed E-state index contributed by atoms with van der Waals surface area (Å²) >= 11 is 1.51. The van der Waals surface area contributed by atoms with Crippen molar-refractivity contribution in [2.24, 2.45) is 0 Å². The Hall–Kier alpha value is -2.41. The zero-order valence-corrected chi connectivity index (χ0v) is 15.9. The molecule has 0 radical (unpaired) electrons. The van der Waals surface area contributed by atoms with E-state index in [1.165, 1.54) is 15.9 Å². The first-order chi connectivity index (χ1) is 12.6. The third-order valence-electron chi connectivity index (χ3n) is 4.25. The molecule has 2 aromatic heterocycles. The van der Waals surface area contributed by atoms with E-state index in [-0.39, 0.29) is 12.1 Å². The molecule has 5 nitrogen and oxygen atoms in total. The number of halogens is 1. The number of hydrogen-bond donors (Lipinski definition) is 0. The zero-order chi connectivity index (χ0) is 18.7. The largest absolute Gasteiger partial charge is 0.493 e. The highest BCUT2D eigenvalue weighted by molar-refractivity contribution is 7.18. The first-order valence-electron chi connectivity index (χ1n) is 8.40. The van der Waals surface area contributed by atoms with Gasteiger partial charge in [-0.05, 0) is 30.2 Å². The predicted molar refractivity (Wildman–Crippen MR) is 102 cm³/mol. The van der Waals surface area contributed by atoms with Gasteiger partial charge in [-0.1, -0.05) is 13.0 Å². The van der Waals surface area contributed by atoms with E-state index in [4.69, 9.17) is 9.47 Å². The number of fused-ring (bicyclic) bond motifs is 1. The molecule has 2 heterocycles. The summed E-state index contributed by atoms with van der Waals surface area (Å²) < 4.78 is 25.1. The Bertz CT molecular complexity index is 981. The molecule has 0 aliphatic carbocycles. The molecule has 3 aromatic rings.